The Morgan fingerprint density at radius 1 is 0.682 bits per heavy atom. The van der Waals surface area contributed by atoms with Gasteiger partial charge in [0.2, 0.25) is 0 Å². The number of carbonyl (C=O) groups excluding carboxylic acids is 1. The Bertz CT molecular complexity index is 585. The third kappa shape index (κ3) is 5.60. The topological polar surface area (TPSA) is 57.5 Å². The summed E-state index contributed by atoms with van der Waals surface area (Å²) in [6.07, 6.45) is 4.73. The van der Waals surface area contributed by atoms with Crippen LogP contribution < -0.4 is 0 Å². The van der Waals surface area contributed by atoms with Crippen LogP contribution >= 0.6 is 0 Å². The Balaban J connectivity index is 1.61. The molecule has 116 valence electrons. The van der Waals surface area contributed by atoms with E-state index in [9.17, 15) is 15.0 Å². The van der Waals surface area contributed by atoms with E-state index in [0.717, 1.165) is 31.2 Å². The number of ketones is 1. The quantitative estimate of drug-likeness (QED) is 0.724. The van der Waals surface area contributed by atoms with E-state index in [-0.39, 0.29) is 11.5 Å². The van der Waals surface area contributed by atoms with Crippen LogP contribution in [-0.4, -0.2) is 16.0 Å². The highest BCUT2D eigenvalue weighted by molar-refractivity contribution is 5.78. The van der Waals surface area contributed by atoms with E-state index < -0.39 is 0 Å². The average molecular weight is 298 g/mol. The summed E-state index contributed by atoms with van der Waals surface area (Å²) in [5.41, 5.74) is 2.27. The monoisotopic (exact) mass is 298 g/mol. The molecule has 2 N–H and O–H groups in total. The summed E-state index contributed by atoms with van der Waals surface area (Å²) in [5, 5.41) is 18.4. The molecule has 0 amide bonds. The number of aryl methyl sites for hydroxylation is 2. The summed E-state index contributed by atoms with van der Waals surface area (Å²) >= 11 is 0. The highest BCUT2D eigenvalue weighted by Gasteiger charge is 2.03. The molecular weight excluding hydrogens is 276 g/mol. The van der Waals surface area contributed by atoms with Gasteiger partial charge < -0.3 is 10.2 Å². The Labute approximate surface area is 131 Å². The number of unbranched alkanes of at least 4 members (excludes halogenated alkanes) is 1. The molecule has 0 aromatic heterocycles. The molecule has 0 fully saturated rings. The number of Topliss-reactive ketones (excluding diaryl/α,β-unsaturated/α-hetero) is 1. The average Bonchev–Trinajstić information content (AvgIpc) is 2.53. The van der Waals surface area contributed by atoms with Gasteiger partial charge in [0.25, 0.3) is 0 Å². The first kappa shape index (κ1) is 16.1. The lowest BCUT2D eigenvalue weighted by atomic mass is 10.0. The summed E-state index contributed by atoms with van der Waals surface area (Å²) in [6, 6.07) is 14.2. The maximum atomic E-state index is 11.9. The summed E-state index contributed by atoms with van der Waals surface area (Å²) in [6.45, 7) is 0. The molecule has 0 heterocycles. The van der Waals surface area contributed by atoms with E-state index >= 15 is 0 Å². The number of carbonyl (C=O) groups is 1. The molecule has 0 aliphatic carbocycles. The highest BCUT2D eigenvalue weighted by atomic mass is 16.3. The van der Waals surface area contributed by atoms with Crippen molar-refractivity contribution in [3.63, 3.8) is 0 Å². The second-order valence-corrected chi connectivity index (χ2v) is 5.58. The van der Waals surface area contributed by atoms with Crippen LogP contribution in [0.25, 0.3) is 0 Å². The van der Waals surface area contributed by atoms with Crippen molar-refractivity contribution in [2.24, 2.45) is 0 Å². The Hall–Kier alpha value is -2.29. The van der Waals surface area contributed by atoms with Gasteiger partial charge in [0.05, 0.1) is 0 Å². The highest BCUT2D eigenvalue weighted by Crippen LogP contribution is 2.14. The van der Waals surface area contributed by atoms with Gasteiger partial charge in [-0.1, -0.05) is 24.3 Å². The van der Waals surface area contributed by atoms with E-state index in [1.165, 1.54) is 5.56 Å². The van der Waals surface area contributed by atoms with Crippen LogP contribution in [-0.2, 0) is 17.6 Å². The zero-order valence-electron chi connectivity index (χ0n) is 12.7. The molecule has 0 unspecified atom stereocenters. The SMILES string of the molecule is O=C(CCCCc1ccc(O)cc1)CCc1ccc(O)cc1. The first-order chi connectivity index (χ1) is 10.6. The molecule has 0 saturated heterocycles. The van der Waals surface area contributed by atoms with Gasteiger partial charge >= 0.3 is 0 Å². The van der Waals surface area contributed by atoms with E-state index in [1.807, 2.05) is 24.3 Å². The van der Waals surface area contributed by atoms with E-state index in [4.69, 9.17) is 0 Å². The number of phenolic OH excluding ortho intramolecular Hbond substituents is 2. The molecule has 0 saturated carbocycles. The molecule has 2 aromatic rings. The van der Waals surface area contributed by atoms with Crippen molar-refractivity contribution in [2.75, 3.05) is 0 Å². The maximum absolute atomic E-state index is 11.9. The number of benzene rings is 2. The Morgan fingerprint density at radius 2 is 1.18 bits per heavy atom. The molecule has 0 aliphatic rings. The van der Waals surface area contributed by atoms with Crippen LogP contribution in [0.4, 0.5) is 0 Å². The number of hydrogen-bond acceptors (Lipinski definition) is 3. The van der Waals surface area contributed by atoms with Crippen molar-refractivity contribution in [1.29, 1.82) is 0 Å². The van der Waals surface area contributed by atoms with E-state index in [2.05, 4.69) is 0 Å². The maximum Gasteiger partial charge on any atom is 0.133 e. The van der Waals surface area contributed by atoms with Crippen LogP contribution in [0.15, 0.2) is 48.5 Å². The number of phenols is 2. The van der Waals surface area contributed by atoms with Crippen molar-refractivity contribution >= 4 is 5.78 Å². The lowest BCUT2D eigenvalue weighted by molar-refractivity contribution is -0.119. The summed E-state index contributed by atoms with van der Waals surface area (Å²) in [7, 11) is 0. The fraction of sp³-hybridized carbons (Fsp3) is 0.316. The van der Waals surface area contributed by atoms with E-state index in [0.29, 0.717) is 18.6 Å². The summed E-state index contributed by atoms with van der Waals surface area (Å²) < 4.78 is 0. The van der Waals surface area contributed by atoms with Gasteiger partial charge in [-0.05, 0) is 61.1 Å². The van der Waals surface area contributed by atoms with Gasteiger partial charge in [-0.3, -0.25) is 4.79 Å². The minimum atomic E-state index is 0.254. The smallest absolute Gasteiger partial charge is 0.133 e. The zero-order valence-corrected chi connectivity index (χ0v) is 12.7. The number of hydrogen-bond donors (Lipinski definition) is 2. The zero-order chi connectivity index (χ0) is 15.8. The fourth-order valence-corrected chi connectivity index (χ4v) is 2.39. The Morgan fingerprint density at radius 3 is 1.73 bits per heavy atom. The number of aromatic hydroxyl groups is 2. The molecular formula is C19H22O3. The summed E-state index contributed by atoms with van der Waals surface area (Å²) in [5.74, 6) is 0.830. The van der Waals surface area contributed by atoms with Gasteiger partial charge in [-0.2, -0.15) is 0 Å². The van der Waals surface area contributed by atoms with Crippen molar-refractivity contribution in [2.45, 2.75) is 38.5 Å². The summed E-state index contributed by atoms with van der Waals surface area (Å²) in [4.78, 5) is 11.9. The van der Waals surface area contributed by atoms with Gasteiger partial charge in [0.1, 0.15) is 17.3 Å². The third-order valence-corrected chi connectivity index (χ3v) is 3.74. The normalized spacial score (nSPS) is 10.5. The van der Waals surface area contributed by atoms with Crippen molar-refractivity contribution < 1.29 is 15.0 Å². The first-order valence-corrected chi connectivity index (χ1v) is 7.71. The van der Waals surface area contributed by atoms with Crippen LogP contribution in [0.3, 0.4) is 0 Å². The molecule has 0 aliphatic heterocycles. The first-order valence-electron chi connectivity index (χ1n) is 7.71. The minimum absolute atomic E-state index is 0.254. The Kier molecular flexibility index (Phi) is 6.01. The van der Waals surface area contributed by atoms with E-state index in [1.54, 1.807) is 24.3 Å². The van der Waals surface area contributed by atoms with Gasteiger partial charge in [-0.15, -0.1) is 0 Å². The van der Waals surface area contributed by atoms with Crippen LogP contribution in [0.5, 0.6) is 11.5 Å². The lowest BCUT2D eigenvalue weighted by Gasteiger charge is -2.03. The van der Waals surface area contributed by atoms with Crippen LogP contribution in [0.2, 0.25) is 0 Å². The molecule has 3 nitrogen and oxygen atoms in total. The third-order valence-electron chi connectivity index (χ3n) is 3.74. The molecule has 0 radical (unpaired) electrons. The van der Waals surface area contributed by atoms with Crippen molar-refractivity contribution in [3.05, 3.63) is 59.7 Å². The predicted octanol–water partition coefficient (Wildman–Crippen LogP) is 4.01. The molecule has 0 spiro atoms. The molecule has 2 aromatic carbocycles. The largest absolute Gasteiger partial charge is 0.508 e. The second-order valence-electron chi connectivity index (χ2n) is 5.58. The molecule has 0 atom stereocenters. The number of rotatable bonds is 8. The van der Waals surface area contributed by atoms with Crippen LogP contribution in [0, 0.1) is 0 Å². The van der Waals surface area contributed by atoms with Gasteiger partial charge in [0.15, 0.2) is 0 Å². The molecule has 0 bridgehead atoms. The van der Waals surface area contributed by atoms with Crippen molar-refractivity contribution in [1.82, 2.24) is 0 Å². The van der Waals surface area contributed by atoms with Crippen molar-refractivity contribution in [3.8, 4) is 11.5 Å². The molecule has 22 heavy (non-hydrogen) atoms. The van der Waals surface area contributed by atoms with Crippen LogP contribution in [0.1, 0.15) is 36.8 Å². The molecule has 3 heteroatoms. The second kappa shape index (κ2) is 8.23. The van der Waals surface area contributed by atoms with Gasteiger partial charge in [0, 0.05) is 12.8 Å². The minimum Gasteiger partial charge on any atom is -0.508 e. The lowest BCUT2D eigenvalue weighted by Crippen LogP contribution is -2.00. The fourth-order valence-electron chi connectivity index (χ4n) is 2.39. The van der Waals surface area contributed by atoms with Gasteiger partial charge in [-0.25, -0.2) is 0 Å². The standard InChI is InChI=1S/C19H22O3/c20-17(10-7-16-8-13-19(22)14-9-16)4-2-1-3-15-5-11-18(21)12-6-15/h5-6,8-9,11-14,21-22H,1-4,7,10H2. The molecule has 2 rings (SSSR count). The predicted molar refractivity (Wildman–Crippen MR) is 87.1 cm³/mol.